The van der Waals surface area contributed by atoms with E-state index in [1.165, 1.54) is 18.5 Å². The number of hydrogen-bond acceptors (Lipinski definition) is 2. The first-order valence-corrected chi connectivity index (χ1v) is 4.15. The molecule has 1 atom stereocenters. The molecule has 0 aromatic carbocycles. The molecule has 0 aliphatic carbocycles. The molecule has 0 aliphatic heterocycles. The third-order valence-corrected chi connectivity index (χ3v) is 1.88. The van der Waals surface area contributed by atoms with E-state index in [0.717, 1.165) is 6.92 Å². The molecule has 0 radical (unpaired) electrons. The van der Waals surface area contributed by atoms with Crippen molar-refractivity contribution in [3.05, 3.63) is 24.0 Å². The van der Waals surface area contributed by atoms with Gasteiger partial charge < -0.3 is 5.32 Å². The average molecular weight is 204 g/mol. The van der Waals surface area contributed by atoms with Crippen molar-refractivity contribution in [1.29, 1.82) is 0 Å². The summed E-state index contributed by atoms with van der Waals surface area (Å²) in [6.45, 7) is 2.79. The molecular weight excluding hydrogens is 193 g/mol. The molecule has 0 aliphatic rings. The lowest BCUT2D eigenvalue weighted by atomic mass is 10.2. The Bertz CT molecular complexity index is 309. The van der Waals surface area contributed by atoms with Crippen molar-refractivity contribution in [1.82, 2.24) is 4.98 Å². The van der Waals surface area contributed by atoms with Crippen LogP contribution in [0.25, 0.3) is 0 Å². The van der Waals surface area contributed by atoms with E-state index in [1.807, 2.05) is 0 Å². The van der Waals surface area contributed by atoms with Gasteiger partial charge in [0, 0.05) is 18.1 Å². The highest BCUT2D eigenvalue weighted by molar-refractivity contribution is 5.49. The Hall–Kier alpha value is -1.26. The highest BCUT2D eigenvalue weighted by Gasteiger charge is 2.35. The number of aryl methyl sites for hydroxylation is 1. The highest BCUT2D eigenvalue weighted by Crippen LogP contribution is 2.24. The molecule has 0 saturated carbocycles. The van der Waals surface area contributed by atoms with E-state index in [2.05, 4.69) is 10.3 Å². The molecule has 1 rings (SSSR count). The van der Waals surface area contributed by atoms with Crippen LogP contribution in [0.2, 0.25) is 0 Å². The Balaban J connectivity index is 2.75. The first-order valence-electron chi connectivity index (χ1n) is 4.15. The van der Waals surface area contributed by atoms with Crippen molar-refractivity contribution < 1.29 is 13.2 Å². The zero-order chi connectivity index (χ0) is 10.8. The zero-order valence-corrected chi connectivity index (χ0v) is 7.89. The van der Waals surface area contributed by atoms with E-state index >= 15 is 0 Å². The van der Waals surface area contributed by atoms with Crippen molar-refractivity contribution in [3.8, 4) is 0 Å². The van der Waals surface area contributed by atoms with Crippen LogP contribution in [0.3, 0.4) is 0 Å². The van der Waals surface area contributed by atoms with Crippen molar-refractivity contribution in [2.45, 2.75) is 26.1 Å². The SMILES string of the molecule is Cc1cnccc1NC(C)C(F)(F)F. The van der Waals surface area contributed by atoms with Crippen LogP contribution in [0.4, 0.5) is 18.9 Å². The monoisotopic (exact) mass is 204 g/mol. The molecule has 0 spiro atoms. The van der Waals surface area contributed by atoms with E-state index in [0.29, 0.717) is 11.3 Å². The summed E-state index contributed by atoms with van der Waals surface area (Å²) in [5, 5.41) is 2.39. The van der Waals surface area contributed by atoms with Crippen molar-refractivity contribution in [2.75, 3.05) is 5.32 Å². The van der Waals surface area contributed by atoms with E-state index in [9.17, 15) is 13.2 Å². The molecular formula is C9H11F3N2. The zero-order valence-electron chi connectivity index (χ0n) is 7.89. The summed E-state index contributed by atoms with van der Waals surface area (Å²) < 4.78 is 36.6. The van der Waals surface area contributed by atoms with Crippen molar-refractivity contribution >= 4 is 5.69 Å². The van der Waals surface area contributed by atoms with E-state index in [4.69, 9.17) is 0 Å². The lowest BCUT2D eigenvalue weighted by molar-refractivity contribution is -0.138. The standard InChI is InChI=1S/C9H11F3N2/c1-6-5-13-4-3-8(6)14-7(2)9(10,11)12/h3-5,7H,1-2H3,(H,13,14). The molecule has 1 aromatic heterocycles. The van der Waals surface area contributed by atoms with Gasteiger partial charge in [-0.05, 0) is 25.5 Å². The van der Waals surface area contributed by atoms with E-state index in [-0.39, 0.29) is 0 Å². The maximum atomic E-state index is 12.2. The minimum atomic E-state index is -4.23. The Kier molecular flexibility index (Phi) is 2.98. The fraction of sp³-hybridized carbons (Fsp3) is 0.444. The normalized spacial score (nSPS) is 13.8. The number of nitrogens with one attached hydrogen (secondary N) is 1. The molecule has 1 N–H and O–H groups in total. The smallest absolute Gasteiger partial charge is 0.374 e. The third kappa shape index (κ3) is 2.61. The first-order chi connectivity index (χ1) is 6.41. The number of rotatable bonds is 2. The van der Waals surface area contributed by atoms with Gasteiger partial charge >= 0.3 is 6.18 Å². The topological polar surface area (TPSA) is 24.9 Å². The second-order valence-electron chi connectivity index (χ2n) is 3.10. The number of hydrogen-bond donors (Lipinski definition) is 1. The number of pyridine rings is 1. The number of nitrogens with zero attached hydrogens (tertiary/aromatic N) is 1. The van der Waals surface area contributed by atoms with Gasteiger partial charge in [-0.1, -0.05) is 0 Å². The van der Waals surface area contributed by atoms with Gasteiger partial charge in [0.2, 0.25) is 0 Å². The number of alkyl halides is 3. The quantitative estimate of drug-likeness (QED) is 0.801. The van der Waals surface area contributed by atoms with Crippen LogP contribution >= 0.6 is 0 Å². The summed E-state index contributed by atoms with van der Waals surface area (Å²) in [5.41, 5.74) is 1.16. The molecule has 0 fully saturated rings. The number of halogens is 3. The fourth-order valence-electron chi connectivity index (χ4n) is 0.950. The fourth-order valence-corrected chi connectivity index (χ4v) is 0.950. The third-order valence-electron chi connectivity index (χ3n) is 1.88. The van der Waals surface area contributed by atoms with Crippen LogP contribution in [0.1, 0.15) is 12.5 Å². The minimum Gasteiger partial charge on any atom is -0.374 e. The van der Waals surface area contributed by atoms with Crippen molar-refractivity contribution in [3.63, 3.8) is 0 Å². The van der Waals surface area contributed by atoms with Gasteiger partial charge in [-0.25, -0.2) is 0 Å². The molecule has 0 saturated heterocycles. The molecule has 78 valence electrons. The van der Waals surface area contributed by atoms with Crippen LogP contribution in [-0.2, 0) is 0 Å². The molecule has 0 bridgehead atoms. The van der Waals surface area contributed by atoms with Gasteiger partial charge in [-0.3, -0.25) is 4.98 Å². The van der Waals surface area contributed by atoms with Crippen LogP contribution in [0.15, 0.2) is 18.5 Å². The van der Waals surface area contributed by atoms with Gasteiger partial charge in [-0.2, -0.15) is 13.2 Å². The lowest BCUT2D eigenvalue weighted by Crippen LogP contribution is -2.33. The molecule has 14 heavy (non-hydrogen) atoms. The minimum absolute atomic E-state index is 0.463. The Morgan fingerprint density at radius 3 is 2.57 bits per heavy atom. The Morgan fingerprint density at radius 1 is 1.43 bits per heavy atom. The Labute approximate surface area is 80.2 Å². The molecule has 1 aromatic rings. The van der Waals surface area contributed by atoms with E-state index < -0.39 is 12.2 Å². The van der Waals surface area contributed by atoms with Crippen molar-refractivity contribution in [2.24, 2.45) is 0 Å². The summed E-state index contributed by atoms with van der Waals surface area (Å²) in [6, 6.07) is -0.0269. The second-order valence-corrected chi connectivity index (χ2v) is 3.10. The number of aromatic nitrogens is 1. The maximum absolute atomic E-state index is 12.2. The van der Waals surface area contributed by atoms with Crippen LogP contribution in [0, 0.1) is 6.92 Å². The molecule has 5 heteroatoms. The second kappa shape index (κ2) is 3.86. The summed E-state index contributed by atoms with van der Waals surface area (Å²) in [4.78, 5) is 3.79. The maximum Gasteiger partial charge on any atom is 0.408 e. The largest absolute Gasteiger partial charge is 0.408 e. The predicted molar refractivity (Wildman–Crippen MR) is 48.1 cm³/mol. The molecule has 1 unspecified atom stereocenters. The molecule has 2 nitrogen and oxygen atoms in total. The van der Waals surface area contributed by atoms with Crippen LogP contribution < -0.4 is 5.32 Å². The predicted octanol–water partition coefficient (Wildman–Crippen LogP) is 2.75. The summed E-state index contributed by atoms with van der Waals surface area (Å²) in [6.07, 6.45) is -1.25. The van der Waals surface area contributed by atoms with Gasteiger partial charge in [0.15, 0.2) is 0 Å². The summed E-state index contributed by atoms with van der Waals surface area (Å²) in [5.74, 6) is 0. The molecule has 0 amide bonds. The van der Waals surface area contributed by atoms with Gasteiger partial charge in [-0.15, -0.1) is 0 Å². The molecule has 1 heterocycles. The number of anilines is 1. The first kappa shape index (κ1) is 10.8. The van der Waals surface area contributed by atoms with E-state index in [1.54, 1.807) is 6.92 Å². The Morgan fingerprint density at radius 2 is 2.07 bits per heavy atom. The van der Waals surface area contributed by atoms with Crippen LogP contribution in [-0.4, -0.2) is 17.2 Å². The van der Waals surface area contributed by atoms with Crippen LogP contribution in [0.5, 0.6) is 0 Å². The summed E-state index contributed by atoms with van der Waals surface area (Å²) >= 11 is 0. The summed E-state index contributed by atoms with van der Waals surface area (Å²) in [7, 11) is 0. The highest BCUT2D eigenvalue weighted by atomic mass is 19.4. The van der Waals surface area contributed by atoms with Gasteiger partial charge in [0.25, 0.3) is 0 Å². The van der Waals surface area contributed by atoms with Gasteiger partial charge in [0.1, 0.15) is 6.04 Å². The lowest BCUT2D eigenvalue weighted by Gasteiger charge is -2.19. The average Bonchev–Trinajstić information content (AvgIpc) is 2.07. The van der Waals surface area contributed by atoms with Gasteiger partial charge in [0.05, 0.1) is 0 Å².